The molecule has 0 aliphatic heterocycles. The summed E-state index contributed by atoms with van der Waals surface area (Å²) in [6, 6.07) is 4.11. The molecule has 0 atom stereocenters. The van der Waals surface area contributed by atoms with E-state index in [0.717, 1.165) is 17.2 Å². The van der Waals surface area contributed by atoms with Crippen LogP contribution in [0.3, 0.4) is 0 Å². The number of nitrogens with one attached hydrogen (secondary N) is 1. The van der Waals surface area contributed by atoms with Crippen molar-refractivity contribution in [3.05, 3.63) is 29.0 Å². The minimum Gasteiger partial charge on any atom is -0.344 e. The number of thiophene rings is 1. The van der Waals surface area contributed by atoms with Gasteiger partial charge in [-0.15, -0.1) is 11.3 Å². The summed E-state index contributed by atoms with van der Waals surface area (Å²) in [4.78, 5) is 9.07. The van der Waals surface area contributed by atoms with Crippen molar-refractivity contribution in [2.75, 3.05) is 0 Å². The first-order valence-electron chi connectivity index (χ1n) is 5.05. The Hall–Kier alpha value is -1.13. The molecule has 4 heteroatoms. The molecule has 2 rings (SSSR count). The van der Waals surface area contributed by atoms with Gasteiger partial charge in [0.2, 0.25) is 0 Å². The third kappa shape index (κ3) is 1.96. The fraction of sp³-hybridized carbons (Fsp3) is 0.364. The number of aromatic amines is 1. The second-order valence-electron chi connectivity index (χ2n) is 3.79. The van der Waals surface area contributed by atoms with Gasteiger partial charge in [0, 0.05) is 12.5 Å². The van der Waals surface area contributed by atoms with Crippen LogP contribution in [0.2, 0.25) is 0 Å². The molecule has 15 heavy (non-hydrogen) atoms. The van der Waals surface area contributed by atoms with Crippen LogP contribution in [0.4, 0.5) is 0 Å². The molecular weight excluding hydrogens is 206 g/mol. The van der Waals surface area contributed by atoms with Crippen molar-refractivity contribution < 1.29 is 0 Å². The molecule has 0 fully saturated rings. The van der Waals surface area contributed by atoms with Crippen LogP contribution < -0.4 is 5.73 Å². The number of nitrogens with two attached hydrogens (primary N) is 1. The lowest BCUT2D eigenvalue weighted by Gasteiger charge is -1.96. The van der Waals surface area contributed by atoms with Crippen molar-refractivity contribution in [2.45, 2.75) is 26.3 Å². The third-order valence-electron chi connectivity index (χ3n) is 2.30. The van der Waals surface area contributed by atoms with Crippen molar-refractivity contribution in [1.82, 2.24) is 9.97 Å². The van der Waals surface area contributed by atoms with Gasteiger partial charge in [-0.05, 0) is 11.4 Å². The quantitative estimate of drug-likeness (QED) is 0.837. The van der Waals surface area contributed by atoms with Crippen LogP contribution in [0.25, 0.3) is 10.6 Å². The number of nitrogens with zero attached hydrogens (tertiary/aromatic N) is 1. The Morgan fingerprint density at radius 1 is 1.53 bits per heavy atom. The van der Waals surface area contributed by atoms with Crippen LogP contribution in [0, 0.1) is 0 Å². The van der Waals surface area contributed by atoms with Gasteiger partial charge in [0.15, 0.2) is 0 Å². The Morgan fingerprint density at radius 2 is 2.33 bits per heavy atom. The second-order valence-corrected chi connectivity index (χ2v) is 4.73. The predicted molar refractivity (Wildman–Crippen MR) is 63.9 cm³/mol. The molecule has 0 aromatic carbocycles. The molecule has 0 amide bonds. The van der Waals surface area contributed by atoms with E-state index in [2.05, 4.69) is 35.3 Å². The number of rotatable bonds is 3. The Kier molecular flexibility index (Phi) is 2.88. The average Bonchev–Trinajstić information content (AvgIpc) is 2.86. The number of imidazole rings is 1. The van der Waals surface area contributed by atoms with E-state index in [1.165, 1.54) is 4.88 Å². The first-order valence-corrected chi connectivity index (χ1v) is 5.93. The van der Waals surface area contributed by atoms with E-state index in [1.54, 1.807) is 11.3 Å². The summed E-state index contributed by atoms with van der Waals surface area (Å²) in [7, 11) is 0. The van der Waals surface area contributed by atoms with Gasteiger partial charge in [-0.2, -0.15) is 0 Å². The predicted octanol–water partition coefficient (Wildman–Crippen LogP) is 2.72. The molecule has 0 unspecified atom stereocenters. The van der Waals surface area contributed by atoms with E-state index in [-0.39, 0.29) is 0 Å². The Labute approximate surface area is 93.4 Å². The van der Waals surface area contributed by atoms with Crippen molar-refractivity contribution in [3.8, 4) is 10.6 Å². The summed E-state index contributed by atoms with van der Waals surface area (Å²) in [5, 5.41) is 2.05. The molecule has 0 saturated carbocycles. The monoisotopic (exact) mass is 221 g/mol. The van der Waals surface area contributed by atoms with E-state index >= 15 is 0 Å². The zero-order valence-corrected chi connectivity index (χ0v) is 9.77. The van der Waals surface area contributed by atoms with Crippen molar-refractivity contribution in [1.29, 1.82) is 0 Å². The molecule has 3 nitrogen and oxygen atoms in total. The summed E-state index contributed by atoms with van der Waals surface area (Å²) >= 11 is 1.69. The van der Waals surface area contributed by atoms with Crippen LogP contribution in [0.1, 0.15) is 31.3 Å². The van der Waals surface area contributed by atoms with Gasteiger partial charge in [-0.25, -0.2) is 4.98 Å². The van der Waals surface area contributed by atoms with E-state index in [9.17, 15) is 0 Å². The van der Waals surface area contributed by atoms with Gasteiger partial charge in [-0.3, -0.25) is 0 Å². The van der Waals surface area contributed by atoms with Crippen LogP contribution in [0.5, 0.6) is 0 Å². The SMILES string of the molecule is CC(C)c1nc(-c2cccs2)c(CN)[nH]1. The Balaban J connectivity index is 2.46. The summed E-state index contributed by atoms with van der Waals surface area (Å²) in [5.41, 5.74) is 7.74. The van der Waals surface area contributed by atoms with Gasteiger partial charge in [0.25, 0.3) is 0 Å². The zero-order chi connectivity index (χ0) is 10.8. The second kappa shape index (κ2) is 4.16. The van der Waals surface area contributed by atoms with Gasteiger partial charge in [0.1, 0.15) is 11.5 Å². The van der Waals surface area contributed by atoms with Gasteiger partial charge < -0.3 is 10.7 Å². The Bertz CT molecular complexity index is 429. The molecule has 80 valence electrons. The van der Waals surface area contributed by atoms with Crippen LogP contribution >= 0.6 is 11.3 Å². The highest BCUT2D eigenvalue weighted by Gasteiger charge is 2.13. The summed E-state index contributed by atoms with van der Waals surface area (Å²) in [6.07, 6.45) is 0. The highest BCUT2D eigenvalue weighted by molar-refractivity contribution is 7.13. The van der Waals surface area contributed by atoms with Crippen LogP contribution in [-0.2, 0) is 6.54 Å². The van der Waals surface area contributed by atoms with Crippen molar-refractivity contribution >= 4 is 11.3 Å². The lowest BCUT2D eigenvalue weighted by Crippen LogP contribution is -1.98. The molecule has 3 N–H and O–H groups in total. The average molecular weight is 221 g/mol. The molecule has 0 spiro atoms. The van der Waals surface area contributed by atoms with E-state index in [4.69, 9.17) is 5.73 Å². The fourth-order valence-electron chi connectivity index (χ4n) is 1.47. The fourth-order valence-corrected chi connectivity index (χ4v) is 2.21. The third-order valence-corrected chi connectivity index (χ3v) is 3.18. The maximum atomic E-state index is 5.70. The van der Waals surface area contributed by atoms with Gasteiger partial charge in [-0.1, -0.05) is 19.9 Å². The zero-order valence-electron chi connectivity index (χ0n) is 8.95. The molecule has 0 aliphatic rings. The lowest BCUT2D eigenvalue weighted by atomic mass is 10.2. The highest BCUT2D eigenvalue weighted by Crippen LogP contribution is 2.27. The molecule has 2 heterocycles. The van der Waals surface area contributed by atoms with E-state index < -0.39 is 0 Å². The molecular formula is C11H15N3S. The summed E-state index contributed by atoms with van der Waals surface area (Å²) in [6.45, 7) is 4.75. The van der Waals surface area contributed by atoms with E-state index in [1.807, 2.05) is 6.07 Å². The van der Waals surface area contributed by atoms with Crippen LogP contribution in [-0.4, -0.2) is 9.97 Å². The normalized spacial score (nSPS) is 11.2. The van der Waals surface area contributed by atoms with Crippen LogP contribution in [0.15, 0.2) is 17.5 Å². The van der Waals surface area contributed by atoms with Crippen molar-refractivity contribution in [2.24, 2.45) is 5.73 Å². The number of H-pyrrole nitrogens is 1. The minimum atomic E-state index is 0.406. The first-order chi connectivity index (χ1) is 7.22. The topological polar surface area (TPSA) is 54.7 Å². The minimum absolute atomic E-state index is 0.406. The van der Waals surface area contributed by atoms with E-state index in [0.29, 0.717) is 12.5 Å². The molecule has 0 bridgehead atoms. The van der Waals surface area contributed by atoms with Gasteiger partial charge in [0.05, 0.1) is 10.6 Å². The molecule has 0 saturated heterocycles. The maximum Gasteiger partial charge on any atom is 0.109 e. The smallest absolute Gasteiger partial charge is 0.109 e. The summed E-state index contributed by atoms with van der Waals surface area (Å²) in [5.74, 6) is 1.42. The van der Waals surface area contributed by atoms with Crippen molar-refractivity contribution in [3.63, 3.8) is 0 Å². The summed E-state index contributed by atoms with van der Waals surface area (Å²) < 4.78 is 0. The first kappa shape index (κ1) is 10.4. The number of hydrogen-bond acceptors (Lipinski definition) is 3. The largest absolute Gasteiger partial charge is 0.344 e. The molecule has 0 radical (unpaired) electrons. The lowest BCUT2D eigenvalue weighted by molar-refractivity contribution is 0.788. The standard InChI is InChI=1S/C11H15N3S/c1-7(2)11-13-8(6-12)10(14-11)9-4-3-5-15-9/h3-5,7H,6,12H2,1-2H3,(H,13,14). The Morgan fingerprint density at radius 3 is 2.87 bits per heavy atom. The maximum absolute atomic E-state index is 5.70. The molecule has 2 aromatic heterocycles. The highest BCUT2D eigenvalue weighted by atomic mass is 32.1. The molecule has 0 aliphatic carbocycles. The molecule has 2 aromatic rings. The number of hydrogen-bond donors (Lipinski definition) is 2. The van der Waals surface area contributed by atoms with Gasteiger partial charge >= 0.3 is 0 Å². The number of aromatic nitrogens is 2.